The second-order valence-corrected chi connectivity index (χ2v) is 9.07. The van der Waals surface area contributed by atoms with Gasteiger partial charge in [0.25, 0.3) is 0 Å². The molecule has 11 nitrogen and oxygen atoms in total. The first kappa shape index (κ1) is 29.5. The van der Waals surface area contributed by atoms with Gasteiger partial charge in [0, 0.05) is 35.0 Å². The van der Waals surface area contributed by atoms with Crippen LogP contribution in [0.4, 0.5) is 0 Å². The van der Waals surface area contributed by atoms with Gasteiger partial charge in [-0.05, 0) is 31.0 Å². The smallest absolute Gasteiger partial charge is 0.326 e. The molecule has 0 saturated heterocycles. The highest BCUT2D eigenvalue weighted by atomic mass is 32.1. The second-order valence-electron chi connectivity index (χ2n) is 8.34. The lowest BCUT2D eigenvalue weighted by Gasteiger charge is -2.23. The summed E-state index contributed by atoms with van der Waals surface area (Å²) >= 11 is 8.24. The van der Waals surface area contributed by atoms with Gasteiger partial charge in [-0.15, -0.1) is 0 Å². The average Bonchev–Trinajstić information content (AvgIpc) is 3.27. The molecule has 0 saturated carbocycles. The van der Waals surface area contributed by atoms with E-state index in [-0.39, 0.29) is 17.9 Å². The molecule has 36 heavy (non-hydrogen) atoms. The highest BCUT2D eigenvalue weighted by Gasteiger charge is 2.29. The van der Waals surface area contributed by atoms with Gasteiger partial charge < -0.3 is 37.5 Å². The molecule has 0 spiro atoms. The Morgan fingerprint density at radius 3 is 2.08 bits per heavy atom. The van der Waals surface area contributed by atoms with Crippen LogP contribution in [0.25, 0.3) is 10.9 Å². The van der Waals surface area contributed by atoms with Crippen LogP contribution in [0.1, 0.15) is 24.8 Å². The van der Waals surface area contributed by atoms with Gasteiger partial charge in [0.2, 0.25) is 17.7 Å². The van der Waals surface area contributed by atoms with Gasteiger partial charge in [-0.1, -0.05) is 24.6 Å². The number of hydrogen-bond donors (Lipinski definition) is 9. The number of aromatic nitrogens is 1. The van der Waals surface area contributed by atoms with Crippen LogP contribution in [0.5, 0.6) is 0 Å². The third-order valence-electron chi connectivity index (χ3n) is 5.65. The SMILES string of the molecule is NCCCCC(N)C(=O)NC(CS)C(=O)NC(CS)C(=O)NC(Cc1c[nH]c2ccccc12)C(=O)O. The molecule has 2 rings (SSSR count). The van der Waals surface area contributed by atoms with Crippen molar-refractivity contribution in [2.45, 2.75) is 49.9 Å². The number of carboxylic acid groups (broad SMARTS) is 1. The standard InChI is InChI=1S/C23H34N6O5S2/c24-8-4-3-6-15(25)20(30)28-18(11-35)22(32)29-19(12-36)21(31)27-17(23(33)34)9-13-10-26-16-7-2-1-5-14(13)16/h1-2,5,7,10,15,17-19,26,35-36H,3-4,6,8-9,11-12,24-25H2,(H,27,31)(H,28,30)(H,29,32)(H,33,34). The van der Waals surface area contributed by atoms with E-state index in [0.29, 0.717) is 19.4 Å². The number of hydrogen-bond acceptors (Lipinski definition) is 8. The van der Waals surface area contributed by atoms with Crippen molar-refractivity contribution >= 4 is 59.9 Å². The molecular weight excluding hydrogens is 504 g/mol. The van der Waals surface area contributed by atoms with Crippen molar-refractivity contribution in [3.63, 3.8) is 0 Å². The molecule has 13 heteroatoms. The minimum Gasteiger partial charge on any atom is -0.480 e. The minimum atomic E-state index is -1.23. The Bertz CT molecular complexity index is 1050. The lowest BCUT2D eigenvalue weighted by molar-refractivity contribution is -0.142. The van der Waals surface area contributed by atoms with E-state index in [4.69, 9.17) is 11.5 Å². The van der Waals surface area contributed by atoms with Gasteiger partial charge in [-0.3, -0.25) is 14.4 Å². The number of rotatable bonds is 15. The molecule has 1 heterocycles. The molecule has 3 amide bonds. The van der Waals surface area contributed by atoms with Crippen LogP contribution in [0.3, 0.4) is 0 Å². The summed E-state index contributed by atoms with van der Waals surface area (Å²) in [7, 11) is 0. The Morgan fingerprint density at radius 1 is 0.917 bits per heavy atom. The second kappa shape index (κ2) is 14.7. The number of fused-ring (bicyclic) bond motifs is 1. The highest BCUT2D eigenvalue weighted by Crippen LogP contribution is 2.19. The summed E-state index contributed by atoms with van der Waals surface area (Å²) in [5, 5.41) is 18.0. The number of carbonyl (C=O) groups is 4. The Morgan fingerprint density at radius 2 is 1.50 bits per heavy atom. The number of aliphatic carboxylic acids is 1. The molecule has 4 atom stereocenters. The normalized spacial score (nSPS) is 14.4. The number of H-pyrrole nitrogens is 1. The molecule has 9 N–H and O–H groups in total. The fourth-order valence-corrected chi connectivity index (χ4v) is 4.09. The maximum Gasteiger partial charge on any atom is 0.326 e. The Hall–Kier alpha value is -2.74. The van der Waals surface area contributed by atoms with Gasteiger partial charge in [0.15, 0.2) is 0 Å². The number of carbonyl (C=O) groups excluding carboxylic acids is 3. The van der Waals surface area contributed by atoms with E-state index in [1.54, 1.807) is 6.20 Å². The first-order valence-electron chi connectivity index (χ1n) is 11.6. The minimum absolute atomic E-state index is 0.0354. The van der Waals surface area contributed by atoms with E-state index < -0.39 is 47.9 Å². The van der Waals surface area contributed by atoms with Crippen molar-refractivity contribution in [3.8, 4) is 0 Å². The Kier molecular flexibility index (Phi) is 12.1. The molecule has 0 fully saturated rings. The fraction of sp³-hybridized carbons (Fsp3) is 0.478. The van der Waals surface area contributed by atoms with Crippen LogP contribution in [0.2, 0.25) is 0 Å². The monoisotopic (exact) mass is 538 g/mol. The molecule has 0 aliphatic carbocycles. The van der Waals surface area contributed by atoms with E-state index in [0.717, 1.165) is 22.9 Å². The summed E-state index contributed by atoms with van der Waals surface area (Å²) in [6, 6.07) is 3.19. The van der Waals surface area contributed by atoms with E-state index in [1.807, 2.05) is 24.3 Å². The van der Waals surface area contributed by atoms with Crippen molar-refractivity contribution < 1.29 is 24.3 Å². The zero-order valence-electron chi connectivity index (χ0n) is 19.8. The van der Waals surface area contributed by atoms with Crippen molar-refractivity contribution in [2.24, 2.45) is 11.5 Å². The van der Waals surface area contributed by atoms with E-state index in [9.17, 15) is 24.3 Å². The maximum atomic E-state index is 12.8. The number of nitrogens with two attached hydrogens (primary N) is 2. The summed E-state index contributed by atoms with van der Waals surface area (Å²) < 4.78 is 0. The summed E-state index contributed by atoms with van der Waals surface area (Å²) in [5.74, 6) is -3.24. The zero-order chi connectivity index (χ0) is 26.7. The van der Waals surface area contributed by atoms with Crippen LogP contribution in [-0.2, 0) is 25.6 Å². The van der Waals surface area contributed by atoms with Gasteiger partial charge in [-0.25, -0.2) is 4.79 Å². The number of aromatic amines is 1. The highest BCUT2D eigenvalue weighted by molar-refractivity contribution is 7.80. The van der Waals surface area contributed by atoms with Crippen molar-refractivity contribution in [1.29, 1.82) is 0 Å². The van der Waals surface area contributed by atoms with Crippen LogP contribution < -0.4 is 27.4 Å². The lowest BCUT2D eigenvalue weighted by atomic mass is 10.0. The van der Waals surface area contributed by atoms with Crippen LogP contribution in [-0.4, -0.2) is 76.0 Å². The fourth-order valence-electron chi connectivity index (χ4n) is 3.57. The summed E-state index contributed by atoms with van der Waals surface area (Å²) in [6.45, 7) is 0.494. The number of thiol groups is 2. The van der Waals surface area contributed by atoms with Gasteiger partial charge in [0.1, 0.15) is 18.1 Å². The maximum absolute atomic E-state index is 12.8. The zero-order valence-corrected chi connectivity index (χ0v) is 21.6. The molecule has 0 radical (unpaired) electrons. The molecule has 1 aromatic heterocycles. The molecule has 0 aliphatic rings. The van der Waals surface area contributed by atoms with E-state index in [1.165, 1.54) is 0 Å². The lowest BCUT2D eigenvalue weighted by Crippen LogP contribution is -2.58. The van der Waals surface area contributed by atoms with Crippen LogP contribution in [0, 0.1) is 0 Å². The van der Waals surface area contributed by atoms with Crippen LogP contribution >= 0.6 is 25.3 Å². The van der Waals surface area contributed by atoms with Gasteiger partial charge in [-0.2, -0.15) is 25.3 Å². The molecule has 198 valence electrons. The molecule has 2 aromatic rings. The van der Waals surface area contributed by atoms with Crippen molar-refractivity contribution in [3.05, 3.63) is 36.0 Å². The molecule has 1 aromatic carbocycles. The number of amides is 3. The first-order chi connectivity index (χ1) is 17.2. The number of para-hydroxylation sites is 1. The summed E-state index contributed by atoms with van der Waals surface area (Å²) in [5.41, 5.74) is 12.9. The Balaban J connectivity index is 1.99. The number of carboxylic acids is 1. The number of benzene rings is 1. The average molecular weight is 539 g/mol. The van der Waals surface area contributed by atoms with Crippen LogP contribution in [0.15, 0.2) is 30.5 Å². The molecular formula is C23H34N6O5S2. The quantitative estimate of drug-likeness (QED) is 0.108. The topological polar surface area (TPSA) is 192 Å². The third kappa shape index (κ3) is 8.43. The summed E-state index contributed by atoms with van der Waals surface area (Å²) in [4.78, 5) is 52.8. The van der Waals surface area contributed by atoms with Gasteiger partial charge in [0.05, 0.1) is 6.04 Å². The van der Waals surface area contributed by atoms with Gasteiger partial charge >= 0.3 is 5.97 Å². The van der Waals surface area contributed by atoms with Crippen molar-refractivity contribution in [2.75, 3.05) is 18.1 Å². The molecule has 0 aliphatic heterocycles. The molecule has 0 bridgehead atoms. The summed E-state index contributed by atoms with van der Waals surface area (Å²) in [6.07, 6.45) is 3.56. The van der Waals surface area contributed by atoms with Crippen molar-refractivity contribution in [1.82, 2.24) is 20.9 Å². The number of nitrogens with one attached hydrogen (secondary N) is 4. The predicted octanol–water partition coefficient (Wildman–Crippen LogP) is -0.435. The van der Waals surface area contributed by atoms with E-state index >= 15 is 0 Å². The Labute approximate surface area is 220 Å². The van der Waals surface area contributed by atoms with E-state index in [2.05, 4.69) is 46.2 Å². The predicted molar refractivity (Wildman–Crippen MR) is 144 cm³/mol. The number of unbranched alkanes of at least 4 members (excludes halogenated alkanes) is 1. The largest absolute Gasteiger partial charge is 0.480 e. The first-order valence-corrected chi connectivity index (χ1v) is 12.8. The molecule has 4 unspecified atom stereocenters. The third-order valence-corrected chi connectivity index (χ3v) is 6.38.